The molecule has 0 atom stereocenters. The predicted molar refractivity (Wildman–Crippen MR) is 59.9 cm³/mol. The van der Waals surface area contributed by atoms with Gasteiger partial charge in [0.15, 0.2) is 0 Å². The summed E-state index contributed by atoms with van der Waals surface area (Å²) in [5.41, 5.74) is -0.781. The number of hydrogen-bond donors (Lipinski definition) is 0. The van der Waals surface area contributed by atoms with Crippen LogP contribution in [0.25, 0.3) is 11.3 Å². The fourth-order valence-corrected chi connectivity index (χ4v) is 1.61. The van der Waals surface area contributed by atoms with E-state index in [0.717, 1.165) is 16.8 Å². The van der Waals surface area contributed by atoms with Crippen molar-refractivity contribution in [3.05, 3.63) is 35.4 Å². The van der Waals surface area contributed by atoms with Crippen molar-refractivity contribution in [2.24, 2.45) is 7.05 Å². The van der Waals surface area contributed by atoms with E-state index in [-0.39, 0.29) is 17.1 Å². The van der Waals surface area contributed by atoms with E-state index in [0.29, 0.717) is 6.07 Å². The monoisotopic (exact) mass is 285 g/mol. The summed E-state index contributed by atoms with van der Waals surface area (Å²) in [7, 11) is 1.32. The van der Waals surface area contributed by atoms with E-state index in [4.69, 9.17) is 5.26 Å². The molecule has 1 aromatic carbocycles. The SMILES string of the molecule is Cn1nc(-c2cc(F)c(C#N)cc2F)cc1OC(F)F. The second-order valence-electron chi connectivity index (χ2n) is 3.79. The fourth-order valence-electron chi connectivity index (χ4n) is 1.61. The molecule has 0 spiro atoms. The summed E-state index contributed by atoms with van der Waals surface area (Å²) in [4.78, 5) is 0. The van der Waals surface area contributed by atoms with Gasteiger partial charge in [0.25, 0.3) is 0 Å². The van der Waals surface area contributed by atoms with Crippen molar-refractivity contribution >= 4 is 0 Å². The molecule has 0 saturated carbocycles. The van der Waals surface area contributed by atoms with E-state index in [1.165, 1.54) is 13.1 Å². The normalized spacial score (nSPS) is 10.7. The van der Waals surface area contributed by atoms with E-state index < -0.39 is 23.8 Å². The second kappa shape index (κ2) is 5.21. The number of nitrogens with zero attached hydrogens (tertiary/aromatic N) is 3. The van der Waals surface area contributed by atoms with Gasteiger partial charge in [-0.05, 0) is 12.1 Å². The lowest BCUT2D eigenvalue weighted by Crippen LogP contribution is -2.05. The summed E-state index contributed by atoms with van der Waals surface area (Å²) in [6.07, 6.45) is 0. The van der Waals surface area contributed by atoms with E-state index >= 15 is 0 Å². The molecular formula is C12H7F4N3O. The van der Waals surface area contributed by atoms with Crippen LogP contribution in [0.2, 0.25) is 0 Å². The quantitative estimate of drug-likeness (QED) is 0.815. The maximum absolute atomic E-state index is 13.8. The highest BCUT2D eigenvalue weighted by molar-refractivity contribution is 5.62. The maximum Gasteiger partial charge on any atom is 0.388 e. The molecule has 2 rings (SSSR count). The Morgan fingerprint density at radius 2 is 1.95 bits per heavy atom. The number of rotatable bonds is 3. The standard InChI is InChI=1S/C12H7F4N3O/c1-19-11(20-12(15)16)4-10(18-19)7-3-8(13)6(5-17)2-9(7)14/h2-4,12H,1H3. The number of nitriles is 1. The molecule has 0 amide bonds. The lowest BCUT2D eigenvalue weighted by Gasteiger charge is -2.01. The van der Waals surface area contributed by atoms with Crippen LogP contribution in [0.1, 0.15) is 5.56 Å². The molecule has 0 unspecified atom stereocenters. The highest BCUT2D eigenvalue weighted by Crippen LogP contribution is 2.27. The maximum atomic E-state index is 13.8. The van der Waals surface area contributed by atoms with Gasteiger partial charge in [-0.25, -0.2) is 13.5 Å². The highest BCUT2D eigenvalue weighted by Gasteiger charge is 2.17. The number of benzene rings is 1. The number of alkyl halides is 2. The number of aryl methyl sites for hydroxylation is 1. The largest absolute Gasteiger partial charge is 0.417 e. The van der Waals surface area contributed by atoms with E-state index in [1.807, 2.05) is 0 Å². The Balaban J connectivity index is 2.47. The van der Waals surface area contributed by atoms with Crippen LogP contribution >= 0.6 is 0 Å². The van der Waals surface area contributed by atoms with Crippen LogP contribution in [0.15, 0.2) is 18.2 Å². The third-order valence-electron chi connectivity index (χ3n) is 2.50. The summed E-state index contributed by atoms with van der Waals surface area (Å²) < 4.78 is 56.6. The highest BCUT2D eigenvalue weighted by atomic mass is 19.3. The third-order valence-corrected chi connectivity index (χ3v) is 2.50. The first-order valence-corrected chi connectivity index (χ1v) is 5.30. The molecule has 0 N–H and O–H groups in total. The zero-order valence-electron chi connectivity index (χ0n) is 10.1. The van der Waals surface area contributed by atoms with Gasteiger partial charge in [-0.2, -0.15) is 19.1 Å². The average Bonchev–Trinajstić information content (AvgIpc) is 2.72. The lowest BCUT2D eigenvalue weighted by atomic mass is 10.1. The zero-order valence-corrected chi connectivity index (χ0v) is 10.1. The van der Waals surface area contributed by atoms with Crippen LogP contribution in [0.3, 0.4) is 0 Å². The molecule has 20 heavy (non-hydrogen) atoms. The van der Waals surface area contributed by atoms with Crippen LogP contribution in [-0.2, 0) is 7.05 Å². The van der Waals surface area contributed by atoms with Gasteiger partial charge in [-0.1, -0.05) is 0 Å². The minimum atomic E-state index is -3.05. The fraction of sp³-hybridized carbons (Fsp3) is 0.167. The second-order valence-corrected chi connectivity index (χ2v) is 3.79. The van der Waals surface area contributed by atoms with Crippen molar-refractivity contribution in [2.45, 2.75) is 6.61 Å². The molecule has 1 heterocycles. The summed E-state index contributed by atoms with van der Waals surface area (Å²) in [6, 6.07) is 4.04. The van der Waals surface area contributed by atoms with E-state index in [9.17, 15) is 17.6 Å². The lowest BCUT2D eigenvalue weighted by molar-refractivity contribution is -0.0553. The molecule has 104 valence electrons. The Morgan fingerprint density at radius 1 is 1.25 bits per heavy atom. The molecule has 4 nitrogen and oxygen atoms in total. The molecule has 0 bridgehead atoms. The van der Waals surface area contributed by atoms with Gasteiger partial charge >= 0.3 is 6.61 Å². The van der Waals surface area contributed by atoms with Crippen LogP contribution in [0.4, 0.5) is 17.6 Å². The zero-order chi connectivity index (χ0) is 14.9. The number of ether oxygens (including phenoxy) is 1. The number of hydrogen-bond acceptors (Lipinski definition) is 3. The number of aromatic nitrogens is 2. The van der Waals surface area contributed by atoms with Crippen molar-refractivity contribution in [3.8, 4) is 23.2 Å². The van der Waals surface area contributed by atoms with Crippen LogP contribution < -0.4 is 4.74 Å². The Labute approximate surface area is 110 Å². The van der Waals surface area contributed by atoms with Gasteiger partial charge in [0.2, 0.25) is 5.88 Å². The first-order chi connectivity index (χ1) is 9.42. The Morgan fingerprint density at radius 3 is 2.55 bits per heavy atom. The molecule has 0 fully saturated rings. The summed E-state index contributed by atoms with van der Waals surface area (Å²) in [6.45, 7) is -3.05. The molecule has 0 radical (unpaired) electrons. The van der Waals surface area contributed by atoms with E-state index in [2.05, 4.69) is 9.84 Å². The smallest absolute Gasteiger partial charge is 0.388 e. The van der Waals surface area contributed by atoms with Gasteiger partial charge in [0, 0.05) is 18.7 Å². The molecule has 0 aliphatic heterocycles. The van der Waals surface area contributed by atoms with Gasteiger partial charge in [-0.15, -0.1) is 0 Å². The van der Waals surface area contributed by atoms with Crippen molar-refractivity contribution in [1.82, 2.24) is 9.78 Å². The van der Waals surface area contributed by atoms with E-state index in [1.54, 1.807) is 0 Å². The average molecular weight is 285 g/mol. The molecule has 0 saturated heterocycles. The minimum absolute atomic E-state index is 0.0796. The molecule has 0 aliphatic carbocycles. The van der Waals surface area contributed by atoms with Crippen LogP contribution in [0.5, 0.6) is 5.88 Å². The Hall–Kier alpha value is -2.56. The molecule has 0 aliphatic rings. The molecule has 2 aromatic rings. The predicted octanol–water partition coefficient (Wildman–Crippen LogP) is 2.84. The van der Waals surface area contributed by atoms with Crippen molar-refractivity contribution in [3.63, 3.8) is 0 Å². The molecule has 8 heteroatoms. The van der Waals surface area contributed by atoms with Gasteiger partial charge in [-0.3, -0.25) is 0 Å². The summed E-state index contributed by atoms with van der Waals surface area (Å²) in [5, 5.41) is 12.3. The first kappa shape index (κ1) is 13.9. The minimum Gasteiger partial charge on any atom is -0.417 e. The van der Waals surface area contributed by atoms with Gasteiger partial charge < -0.3 is 4.74 Å². The van der Waals surface area contributed by atoms with Crippen molar-refractivity contribution in [2.75, 3.05) is 0 Å². The van der Waals surface area contributed by atoms with Crippen LogP contribution in [-0.4, -0.2) is 16.4 Å². The third kappa shape index (κ3) is 2.56. The Bertz CT molecular complexity index is 691. The first-order valence-electron chi connectivity index (χ1n) is 5.30. The molecular weight excluding hydrogens is 278 g/mol. The van der Waals surface area contributed by atoms with Crippen LogP contribution in [0, 0.1) is 23.0 Å². The van der Waals surface area contributed by atoms with Crippen molar-refractivity contribution in [1.29, 1.82) is 5.26 Å². The summed E-state index contributed by atoms with van der Waals surface area (Å²) >= 11 is 0. The topological polar surface area (TPSA) is 50.8 Å². The summed E-state index contributed by atoms with van der Waals surface area (Å²) in [5.74, 6) is -2.10. The van der Waals surface area contributed by atoms with Gasteiger partial charge in [0.1, 0.15) is 17.7 Å². The Kier molecular flexibility index (Phi) is 3.61. The number of halogens is 4. The van der Waals surface area contributed by atoms with Crippen molar-refractivity contribution < 1.29 is 22.3 Å². The van der Waals surface area contributed by atoms with Gasteiger partial charge in [0.05, 0.1) is 11.3 Å². The molecule has 1 aromatic heterocycles.